The summed E-state index contributed by atoms with van der Waals surface area (Å²) in [6.45, 7) is 1.42. The Morgan fingerprint density at radius 2 is 2.05 bits per heavy atom. The Kier molecular flexibility index (Phi) is 5.00. The van der Waals surface area contributed by atoms with Crippen LogP contribution in [0.1, 0.15) is 29.3 Å². The molecule has 2 rings (SSSR count). The molecule has 1 N–H and O–H groups in total. The lowest BCUT2D eigenvalue weighted by Crippen LogP contribution is -2.06. The number of rotatable bonds is 6. The van der Waals surface area contributed by atoms with E-state index in [0.29, 0.717) is 5.75 Å². The van der Waals surface area contributed by atoms with Crippen molar-refractivity contribution in [2.45, 2.75) is 19.8 Å². The van der Waals surface area contributed by atoms with Crippen molar-refractivity contribution in [3.8, 4) is 11.6 Å². The van der Waals surface area contributed by atoms with Crippen molar-refractivity contribution < 1.29 is 19.0 Å². The molecule has 1 aromatic carbocycles. The van der Waals surface area contributed by atoms with Crippen molar-refractivity contribution >= 4 is 5.78 Å². The first-order valence-corrected chi connectivity index (χ1v) is 6.70. The van der Waals surface area contributed by atoms with Gasteiger partial charge in [0.1, 0.15) is 12.4 Å². The van der Waals surface area contributed by atoms with Gasteiger partial charge in [0.2, 0.25) is 0 Å². The van der Waals surface area contributed by atoms with Crippen LogP contribution in [0.5, 0.6) is 11.6 Å². The third-order valence-corrected chi connectivity index (χ3v) is 2.95. The topological polar surface area (TPSA) is 59.4 Å². The van der Waals surface area contributed by atoms with Gasteiger partial charge >= 0.3 is 0 Å². The number of pyridine rings is 1. The van der Waals surface area contributed by atoms with E-state index >= 15 is 0 Å². The zero-order chi connectivity index (χ0) is 15.2. The first-order chi connectivity index (χ1) is 10.1. The normalized spacial score (nSPS) is 10.4. The molecular formula is C16H16FNO3. The number of aliphatic hydroxyl groups is 1. The van der Waals surface area contributed by atoms with E-state index in [0.717, 1.165) is 18.9 Å². The maximum atomic E-state index is 13.8. The highest BCUT2D eigenvalue weighted by Crippen LogP contribution is 2.23. The second kappa shape index (κ2) is 6.95. The van der Waals surface area contributed by atoms with Crippen LogP contribution in [0, 0.1) is 5.82 Å². The molecule has 5 heteroatoms. The van der Waals surface area contributed by atoms with Gasteiger partial charge in [-0.25, -0.2) is 9.37 Å². The predicted octanol–water partition coefficient (Wildman–Crippen LogP) is 3.14. The van der Waals surface area contributed by atoms with Gasteiger partial charge in [-0.1, -0.05) is 25.5 Å². The molecule has 4 nitrogen and oxygen atoms in total. The molecule has 0 unspecified atom stereocenters. The summed E-state index contributed by atoms with van der Waals surface area (Å²) < 4.78 is 19.2. The molecule has 0 fully saturated rings. The van der Waals surface area contributed by atoms with Gasteiger partial charge in [-0.3, -0.25) is 4.79 Å². The van der Waals surface area contributed by atoms with Crippen LogP contribution in [0.2, 0.25) is 0 Å². The van der Waals surface area contributed by atoms with E-state index in [-0.39, 0.29) is 11.4 Å². The van der Waals surface area contributed by atoms with Crippen LogP contribution in [0.15, 0.2) is 36.5 Å². The maximum absolute atomic E-state index is 13.8. The number of Topliss-reactive ketones (excluding diaryl/α,β-unsaturated/α-hetero) is 1. The molecule has 1 heterocycles. The highest BCUT2D eigenvalue weighted by Gasteiger charge is 2.12. The lowest BCUT2D eigenvalue weighted by Gasteiger charge is -2.07. The van der Waals surface area contributed by atoms with Crippen LogP contribution in [0.3, 0.4) is 0 Å². The van der Waals surface area contributed by atoms with E-state index < -0.39 is 18.2 Å². The summed E-state index contributed by atoms with van der Waals surface area (Å²) in [6, 6.07) is 8.34. The Bertz CT molecular complexity index is 626. The summed E-state index contributed by atoms with van der Waals surface area (Å²) in [5.41, 5.74) is 1.20. The van der Waals surface area contributed by atoms with E-state index in [4.69, 9.17) is 9.84 Å². The van der Waals surface area contributed by atoms with Crippen molar-refractivity contribution in [3.63, 3.8) is 0 Å². The smallest absolute Gasteiger partial charge is 0.255 e. The standard InChI is InChI=1S/C16H16FNO3/c1-2-3-11-4-6-13(7-5-11)21-16-14(17)8-12(9-18-16)15(20)10-19/h4-9,19H,2-3,10H2,1H3. The third-order valence-electron chi connectivity index (χ3n) is 2.95. The van der Waals surface area contributed by atoms with Crippen LogP contribution in [0.4, 0.5) is 4.39 Å². The number of aryl methyl sites for hydroxylation is 1. The molecule has 2 aromatic rings. The number of hydrogen-bond acceptors (Lipinski definition) is 4. The summed E-state index contributed by atoms with van der Waals surface area (Å²) in [5.74, 6) is -1.06. The molecule has 0 aliphatic heterocycles. The van der Waals surface area contributed by atoms with E-state index in [1.807, 2.05) is 12.1 Å². The van der Waals surface area contributed by atoms with Crippen LogP contribution >= 0.6 is 0 Å². The van der Waals surface area contributed by atoms with Crippen molar-refractivity contribution in [3.05, 3.63) is 53.5 Å². The van der Waals surface area contributed by atoms with Crippen molar-refractivity contribution in [2.75, 3.05) is 6.61 Å². The minimum atomic E-state index is -0.744. The van der Waals surface area contributed by atoms with E-state index in [1.165, 1.54) is 11.8 Å². The number of carbonyl (C=O) groups excluding carboxylic acids is 1. The van der Waals surface area contributed by atoms with Crippen molar-refractivity contribution in [1.29, 1.82) is 0 Å². The van der Waals surface area contributed by atoms with E-state index in [9.17, 15) is 9.18 Å². The molecule has 0 spiro atoms. The highest BCUT2D eigenvalue weighted by molar-refractivity contribution is 5.96. The number of hydrogen-bond donors (Lipinski definition) is 1. The molecule has 0 amide bonds. The first-order valence-electron chi connectivity index (χ1n) is 6.70. The van der Waals surface area contributed by atoms with Crippen LogP contribution in [-0.4, -0.2) is 22.5 Å². The highest BCUT2D eigenvalue weighted by atomic mass is 19.1. The molecule has 0 saturated heterocycles. The minimum absolute atomic E-state index is 0.0145. The average Bonchev–Trinajstić information content (AvgIpc) is 2.50. The van der Waals surface area contributed by atoms with Gasteiger partial charge in [0.15, 0.2) is 11.6 Å². The molecule has 0 aliphatic carbocycles. The van der Waals surface area contributed by atoms with Crippen molar-refractivity contribution in [2.24, 2.45) is 0 Å². The zero-order valence-electron chi connectivity index (χ0n) is 11.7. The molecule has 21 heavy (non-hydrogen) atoms. The number of ketones is 1. The first kappa shape index (κ1) is 15.1. The minimum Gasteiger partial charge on any atom is -0.436 e. The summed E-state index contributed by atoms with van der Waals surface area (Å²) in [4.78, 5) is 15.0. The number of carbonyl (C=O) groups is 1. The number of aliphatic hydroxyl groups excluding tert-OH is 1. The van der Waals surface area contributed by atoms with E-state index in [1.54, 1.807) is 12.1 Å². The quantitative estimate of drug-likeness (QED) is 0.830. The zero-order valence-corrected chi connectivity index (χ0v) is 11.7. The fourth-order valence-corrected chi connectivity index (χ4v) is 1.87. The van der Waals surface area contributed by atoms with Crippen LogP contribution in [-0.2, 0) is 6.42 Å². The number of ether oxygens (including phenoxy) is 1. The lowest BCUT2D eigenvalue weighted by atomic mass is 10.1. The summed E-state index contributed by atoms with van der Waals surface area (Å²) in [5, 5.41) is 8.72. The number of aromatic nitrogens is 1. The molecule has 0 atom stereocenters. The second-order valence-electron chi connectivity index (χ2n) is 4.59. The predicted molar refractivity (Wildman–Crippen MR) is 76.1 cm³/mol. The van der Waals surface area contributed by atoms with Gasteiger partial charge in [0.25, 0.3) is 5.88 Å². The Morgan fingerprint density at radius 3 is 2.62 bits per heavy atom. The van der Waals surface area contributed by atoms with Gasteiger partial charge in [0.05, 0.1) is 0 Å². The molecule has 0 bridgehead atoms. The fraction of sp³-hybridized carbons (Fsp3) is 0.250. The molecule has 110 valence electrons. The van der Waals surface area contributed by atoms with Gasteiger partial charge in [-0.2, -0.15) is 0 Å². The molecule has 1 aromatic heterocycles. The van der Waals surface area contributed by atoms with Crippen LogP contribution in [0.25, 0.3) is 0 Å². The Hall–Kier alpha value is -2.27. The monoisotopic (exact) mass is 289 g/mol. The largest absolute Gasteiger partial charge is 0.436 e. The van der Waals surface area contributed by atoms with Gasteiger partial charge in [-0.15, -0.1) is 0 Å². The van der Waals surface area contributed by atoms with Gasteiger partial charge < -0.3 is 9.84 Å². The molecule has 0 radical (unpaired) electrons. The number of halogens is 1. The van der Waals surface area contributed by atoms with Crippen LogP contribution < -0.4 is 4.74 Å². The summed E-state index contributed by atoms with van der Waals surface area (Å²) in [7, 11) is 0. The lowest BCUT2D eigenvalue weighted by molar-refractivity contribution is 0.0903. The van der Waals surface area contributed by atoms with Gasteiger partial charge in [0, 0.05) is 11.8 Å². The SMILES string of the molecule is CCCc1ccc(Oc2ncc(C(=O)CO)cc2F)cc1. The van der Waals surface area contributed by atoms with E-state index in [2.05, 4.69) is 11.9 Å². The Labute approximate surface area is 122 Å². The Balaban J connectivity index is 2.14. The summed E-state index contributed by atoms with van der Waals surface area (Å²) >= 11 is 0. The molecule has 0 aliphatic rings. The van der Waals surface area contributed by atoms with Gasteiger partial charge in [-0.05, 0) is 30.2 Å². The average molecular weight is 289 g/mol. The fourth-order valence-electron chi connectivity index (χ4n) is 1.87. The third kappa shape index (κ3) is 3.86. The number of nitrogens with zero attached hydrogens (tertiary/aromatic N) is 1. The number of benzene rings is 1. The Morgan fingerprint density at radius 1 is 1.33 bits per heavy atom. The molecule has 0 saturated carbocycles. The maximum Gasteiger partial charge on any atom is 0.255 e. The summed E-state index contributed by atoms with van der Waals surface area (Å²) in [6.07, 6.45) is 3.21. The van der Waals surface area contributed by atoms with Crippen molar-refractivity contribution in [1.82, 2.24) is 4.98 Å². The second-order valence-corrected chi connectivity index (χ2v) is 4.59. The molecular weight excluding hydrogens is 273 g/mol.